The van der Waals surface area contributed by atoms with Crippen molar-refractivity contribution in [2.45, 2.75) is 19.3 Å². The third-order valence-corrected chi connectivity index (χ3v) is 3.17. The molecule has 0 spiro atoms. The second kappa shape index (κ2) is 6.31. The number of halogens is 1. The number of hydrogen-bond acceptors (Lipinski definition) is 4. The number of amides is 1. The highest BCUT2D eigenvalue weighted by Crippen LogP contribution is 2.14. The van der Waals surface area contributed by atoms with Crippen LogP contribution in [0, 0.1) is 5.82 Å². The van der Waals surface area contributed by atoms with E-state index < -0.39 is 11.8 Å². The number of nitrogens with one attached hydrogen (secondary N) is 1. The van der Waals surface area contributed by atoms with E-state index in [0.29, 0.717) is 0 Å². The van der Waals surface area contributed by atoms with Gasteiger partial charge in [0.05, 0.1) is 6.20 Å². The normalized spacial score (nSPS) is 14.3. The Balaban J connectivity index is 1.90. The third-order valence-electron chi connectivity index (χ3n) is 3.17. The third kappa shape index (κ3) is 3.43. The molecule has 1 aliphatic rings. The molecule has 108 valence electrons. The molecule has 0 radical (unpaired) electrons. The first kappa shape index (κ1) is 14.2. The summed E-state index contributed by atoms with van der Waals surface area (Å²) in [5, 5.41) is 11.7. The molecule has 0 aromatic carbocycles. The fourth-order valence-corrected chi connectivity index (χ4v) is 2.16. The Kier molecular flexibility index (Phi) is 4.49. The Bertz CT molecular complexity index is 516. The highest BCUT2D eigenvalue weighted by Gasteiger charge is 2.18. The van der Waals surface area contributed by atoms with Crippen LogP contribution in [0.2, 0.25) is 0 Å². The van der Waals surface area contributed by atoms with Crippen molar-refractivity contribution in [3.63, 3.8) is 0 Å². The highest BCUT2D eigenvalue weighted by atomic mass is 19.1. The van der Waals surface area contributed by atoms with Crippen molar-refractivity contribution in [2.75, 3.05) is 25.0 Å². The Morgan fingerprint density at radius 1 is 1.40 bits per heavy atom. The van der Waals surface area contributed by atoms with E-state index in [1.54, 1.807) is 4.90 Å². The summed E-state index contributed by atoms with van der Waals surface area (Å²) in [4.78, 5) is 28.2. The van der Waals surface area contributed by atoms with Crippen LogP contribution in [0.5, 0.6) is 0 Å². The van der Waals surface area contributed by atoms with Crippen LogP contribution in [0.4, 0.5) is 10.2 Å². The molecule has 1 aliphatic heterocycles. The number of hydrogen-bond donors (Lipinski definition) is 2. The topological polar surface area (TPSA) is 82.5 Å². The fourth-order valence-electron chi connectivity index (χ4n) is 2.16. The van der Waals surface area contributed by atoms with Gasteiger partial charge in [-0.15, -0.1) is 0 Å². The minimum atomic E-state index is -1.26. The van der Waals surface area contributed by atoms with Crippen molar-refractivity contribution in [1.29, 1.82) is 0 Å². The van der Waals surface area contributed by atoms with Crippen LogP contribution in [-0.2, 0) is 4.79 Å². The van der Waals surface area contributed by atoms with Crippen LogP contribution in [0.15, 0.2) is 12.3 Å². The molecule has 1 amide bonds. The molecule has 7 heteroatoms. The molecule has 0 aliphatic carbocycles. The maximum atomic E-state index is 12.9. The van der Waals surface area contributed by atoms with Crippen molar-refractivity contribution in [3.05, 3.63) is 23.6 Å². The Morgan fingerprint density at radius 3 is 2.75 bits per heavy atom. The van der Waals surface area contributed by atoms with Gasteiger partial charge in [0.25, 0.3) is 0 Å². The molecular formula is C13H16FN3O3. The van der Waals surface area contributed by atoms with Crippen LogP contribution in [0.1, 0.15) is 29.6 Å². The van der Waals surface area contributed by atoms with Gasteiger partial charge in [-0.05, 0) is 18.9 Å². The van der Waals surface area contributed by atoms with Crippen molar-refractivity contribution >= 4 is 17.7 Å². The van der Waals surface area contributed by atoms with Crippen LogP contribution >= 0.6 is 0 Å². The predicted molar refractivity (Wildman–Crippen MR) is 70.1 cm³/mol. The van der Waals surface area contributed by atoms with Gasteiger partial charge >= 0.3 is 5.97 Å². The van der Waals surface area contributed by atoms with E-state index in [1.807, 2.05) is 0 Å². The second-order valence-corrected chi connectivity index (χ2v) is 4.62. The van der Waals surface area contributed by atoms with Gasteiger partial charge in [0.1, 0.15) is 17.2 Å². The van der Waals surface area contributed by atoms with E-state index in [0.717, 1.165) is 38.2 Å². The summed E-state index contributed by atoms with van der Waals surface area (Å²) < 4.78 is 12.9. The van der Waals surface area contributed by atoms with Crippen molar-refractivity contribution in [2.24, 2.45) is 0 Å². The summed E-state index contributed by atoms with van der Waals surface area (Å²) in [6.45, 7) is 1.84. The van der Waals surface area contributed by atoms with Gasteiger partial charge in [0.15, 0.2) is 0 Å². The van der Waals surface area contributed by atoms with Gasteiger partial charge in [-0.1, -0.05) is 0 Å². The quantitative estimate of drug-likeness (QED) is 0.851. The average Bonchev–Trinajstić information content (AvgIpc) is 2.94. The van der Waals surface area contributed by atoms with Crippen LogP contribution in [0.3, 0.4) is 0 Å². The summed E-state index contributed by atoms with van der Waals surface area (Å²) in [6, 6.07) is 0.903. The van der Waals surface area contributed by atoms with Crippen LogP contribution in [-0.4, -0.2) is 46.5 Å². The number of pyridine rings is 1. The van der Waals surface area contributed by atoms with Crippen molar-refractivity contribution in [1.82, 2.24) is 9.88 Å². The highest BCUT2D eigenvalue weighted by molar-refractivity contribution is 5.93. The van der Waals surface area contributed by atoms with E-state index in [4.69, 9.17) is 5.11 Å². The molecule has 20 heavy (non-hydrogen) atoms. The number of anilines is 1. The molecule has 0 unspecified atom stereocenters. The molecular weight excluding hydrogens is 265 g/mol. The van der Waals surface area contributed by atoms with Gasteiger partial charge in [0, 0.05) is 26.1 Å². The largest absolute Gasteiger partial charge is 0.478 e. The van der Waals surface area contributed by atoms with Gasteiger partial charge in [-0.3, -0.25) is 4.79 Å². The summed E-state index contributed by atoms with van der Waals surface area (Å²) in [5.74, 6) is -1.85. The fraction of sp³-hybridized carbons (Fsp3) is 0.462. The molecule has 0 saturated carbocycles. The number of likely N-dealkylation sites (tertiary alicyclic amines) is 1. The SMILES string of the molecule is O=C(O)c1cc(F)cnc1NCCC(=O)N1CCCC1. The van der Waals surface area contributed by atoms with E-state index in [-0.39, 0.29) is 30.3 Å². The van der Waals surface area contributed by atoms with E-state index in [9.17, 15) is 14.0 Å². The van der Waals surface area contributed by atoms with Crippen LogP contribution in [0.25, 0.3) is 0 Å². The number of nitrogens with zero attached hydrogens (tertiary/aromatic N) is 2. The van der Waals surface area contributed by atoms with E-state index in [1.165, 1.54) is 0 Å². The minimum Gasteiger partial charge on any atom is -0.478 e. The van der Waals surface area contributed by atoms with Gasteiger partial charge in [-0.2, -0.15) is 0 Å². The number of carbonyl (C=O) groups excluding carboxylic acids is 1. The van der Waals surface area contributed by atoms with Gasteiger partial charge in [-0.25, -0.2) is 14.2 Å². The molecule has 2 heterocycles. The van der Waals surface area contributed by atoms with Gasteiger partial charge in [0.2, 0.25) is 5.91 Å². The maximum absolute atomic E-state index is 12.9. The number of carbonyl (C=O) groups is 2. The standard InChI is InChI=1S/C13H16FN3O3/c14-9-7-10(13(19)20)12(16-8-9)15-4-3-11(18)17-5-1-2-6-17/h7-8H,1-6H2,(H,15,16)(H,19,20). The van der Waals surface area contributed by atoms with Crippen molar-refractivity contribution < 1.29 is 19.1 Å². The average molecular weight is 281 g/mol. The van der Waals surface area contributed by atoms with Gasteiger partial charge < -0.3 is 15.3 Å². The smallest absolute Gasteiger partial charge is 0.339 e. The molecule has 2 N–H and O–H groups in total. The zero-order valence-electron chi connectivity index (χ0n) is 10.9. The molecule has 1 aromatic rings. The zero-order chi connectivity index (χ0) is 14.5. The maximum Gasteiger partial charge on any atom is 0.339 e. The summed E-state index contributed by atoms with van der Waals surface area (Å²) in [5.41, 5.74) is -0.237. The molecule has 0 atom stereocenters. The zero-order valence-corrected chi connectivity index (χ0v) is 10.9. The summed E-state index contributed by atoms with van der Waals surface area (Å²) in [6.07, 6.45) is 3.26. The lowest BCUT2D eigenvalue weighted by atomic mass is 10.2. The Labute approximate surface area is 115 Å². The number of aromatic carboxylic acids is 1. The number of carboxylic acid groups (broad SMARTS) is 1. The number of rotatable bonds is 5. The Hall–Kier alpha value is -2.18. The number of aromatic nitrogens is 1. The second-order valence-electron chi connectivity index (χ2n) is 4.62. The molecule has 0 bridgehead atoms. The lowest BCUT2D eigenvalue weighted by Crippen LogP contribution is -2.29. The Morgan fingerprint density at radius 2 is 2.10 bits per heavy atom. The molecule has 6 nitrogen and oxygen atoms in total. The minimum absolute atomic E-state index is 0.0361. The summed E-state index contributed by atoms with van der Waals surface area (Å²) in [7, 11) is 0. The number of carboxylic acids is 1. The molecule has 2 rings (SSSR count). The van der Waals surface area contributed by atoms with Crippen LogP contribution < -0.4 is 5.32 Å². The van der Waals surface area contributed by atoms with E-state index in [2.05, 4.69) is 10.3 Å². The first-order chi connectivity index (χ1) is 9.58. The molecule has 1 aromatic heterocycles. The molecule has 1 saturated heterocycles. The first-order valence-electron chi connectivity index (χ1n) is 6.48. The summed E-state index contributed by atoms with van der Waals surface area (Å²) >= 11 is 0. The predicted octanol–water partition coefficient (Wildman–Crippen LogP) is 1.34. The monoisotopic (exact) mass is 281 g/mol. The van der Waals surface area contributed by atoms with Crippen molar-refractivity contribution in [3.8, 4) is 0 Å². The first-order valence-corrected chi connectivity index (χ1v) is 6.48. The lowest BCUT2D eigenvalue weighted by Gasteiger charge is -2.15. The lowest BCUT2D eigenvalue weighted by molar-refractivity contribution is -0.129. The van der Waals surface area contributed by atoms with E-state index >= 15 is 0 Å². The molecule has 1 fully saturated rings.